The molecule has 1 heterocycles. The van der Waals surface area contributed by atoms with Crippen molar-refractivity contribution in [3.8, 4) is 6.07 Å². The van der Waals surface area contributed by atoms with Crippen LogP contribution in [0.15, 0.2) is 18.2 Å². The first kappa shape index (κ1) is 15.6. The molecule has 0 radical (unpaired) electrons. The average molecular weight is 298 g/mol. The van der Waals surface area contributed by atoms with Crippen LogP contribution in [0, 0.1) is 11.3 Å². The third-order valence-corrected chi connectivity index (χ3v) is 3.69. The molecular formula is C15H17F3N2O. The van der Waals surface area contributed by atoms with Crippen molar-refractivity contribution in [2.75, 3.05) is 11.4 Å². The minimum atomic E-state index is -4.55. The van der Waals surface area contributed by atoms with E-state index in [0.717, 1.165) is 12.5 Å². The van der Waals surface area contributed by atoms with Crippen LogP contribution in [0.25, 0.3) is 0 Å². The van der Waals surface area contributed by atoms with Gasteiger partial charge >= 0.3 is 6.18 Å². The second-order valence-electron chi connectivity index (χ2n) is 5.54. The lowest BCUT2D eigenvalue weighted by Crippen LogP contribution is -2.39. The van der Waals surface area contributed by atoms with E-state index in [9.17, 15) is 13.2 Å². The van der Waals surface area contributed by atoms with Crippen molar-refractivity contribution >= 4 is 5.69 Å². The van der Waals surface area contributed by atoms with Crippen molar-refractivity contribution in [3.63, 3.8) is 0 Å². The molecule has 1 aliphatic rings. The molecule has 114 valence electrons. The fraction of sp³-hybridized carbons (Fsp3) is 0.533. The maximum absolute atomic E-state index is 13.0. The van der Waals surface area contributed by atoms with Gasteiger partial charge in [-0.15, -0.1) is 0 Å². The summed E-state index contributed by atoms with van der Waals surface area (Å²) in [5.74, 6) is 0. The number of hydrogen-bond acceptors (Lipinski definition) is 3. The summed E-state index contributed by atoms with van der Waals surface area (Å²) in [6.45, 7) is 6.17. The number of anilines is 1. The molecule has 1 aromatic rings. The second-order valence-corrected chi connectivity index (χ2v) is 5.54. The van der Waals surface area contributed by atoms with Crippen molar-refractivity contribution < 1.29 is 17.9 Å². The van der Waals surface area contributed by atoms with E-state index in [1.165, 1.54) is 12.1 Å². The van der Waals surface area contributed by atoms with Crippen LogP contribution < -0.4 is 4.90 Å². The van der Waals surface area contributed by atoms with Crippen molar-refractivity contribution in [2.45, 2.75) is 45.2 Å². The smallest absolute Gasteiger partial charge is 0.351 e. The summed E-state index contributed by atoms with van der Waals surface area (Å²) in [5.41, 5.74) is -1.52. The van der Waals surface area contributed by atoms with Gasteiger partial charge in [0, 0.05) is 12.2 Å². The Morgan fingerprint density at radius 2 is 2.10 bits per heavy atom. The minimum absolute atomic E-state index is 0.00928. The van der Waals surface area contributed by atoms with Crippen LogP contribution in [0.2, 0.25) is 0 Å². The Labute approximate surface area is 121 Å². The van der Waals surface area contributed by atoms with Crippen molar-refractivity contribution in [3.05, 3.63) is 29.3 Å². The lowest BCUT2D eigenvalue weighted by atomic mass is 10.1. The SMILES string of the molecule is CC[C@@H]1CN(c2ccc(C#N)c(C(F)(F)F)c2)C(C)(C)O1. The highest BCUT2D eigenvalue weighted by atomic mass is 19.4. The van der Waals surface area contributed by atoms with Crippen molar-refractivity contribution in [1.29, 1.82) is 5.26 Å². The summed E-state index contributed by atoms with van der Waals surface area (Å²) in [6.07, 6.45) is -3.76. The molecule has 2 rings (SSSR count). The Morgan fingerprint density at radius 3 is 2.57 bits per heavy atom. The monoisotopic (exact) mass is 298 g/mol. The van der Waals surface area contributed by atoms with E-state index in [1.807, 2.05) is 20.8 Å². The zero-order valence-corrected chi connectivity index (χ0v) is 12.2. The van der Waals surface area contributed by atoms with E-state index in [-0.39, 0.29) is 11.7 Å². The third-order valence-electron chi connectivity index (χ3n) is 3.69. The quantitative estimate of drug-likeness (QED) is 0.830. The molecule has 0 saturated carbocycles. The van der Waals surface area contributed by atoms with Gasteiger partial charge in [0.15, 0.2) is 0 Å². The fourth-order valence-corrected chi connectivity index (χ4v) is 2.59. The topological polar surface area (TPSA) is 36.3 Å². The number of hydrogen-bond donors (Lipinski definition) is 0. The first-order valence-electron chi connectivity index (χ1n) is 6.76. The summed E-state index contributed by atoms with van der Waals surface area (Å²) in [7, 11) is 0. The predicted octanol–water partition coefficient (Wildman–Crippen LogP) is 3.93. The van der Waals surface area contributed by atoms with Gasteiger partial charge in [-0.25, -0.2) is 0 Å². The zero-order chi connectivity index (χ0) is 15.8. The first-order chi connectivity index (χ1) is 9.69. The van der Waals surface area contributed by atoms with Gasteiger partial charge in [-0.05, 0) is 38.5 Å². The van der Waals surface area contributed by atoms with Crippen molar-refractivity contribution in [2.24, 2.45) is 0 Å². The van der Waals surface area contributed by atoms with E-state index < -0.39 is 17.5 Å². The highest BCUT2D eigenvalue weighted by molar-refractivity contribution is 5.56. The normalized spacial score (nSPS) is 21.4. The minimum Gasteiger partial charge on any atom is -0.351 e. The Hall–Kier alpha value is -1.74. The van der Waals surface area contributed by atoms with Crippen LogP contribution in [0.1, 0.15) is 38.3 Å². The summed E-state index contributed by atoms with van der Waals surface area (Å²) in [5, 5.41) is 8.83. The van der Waals surface area contributed by atoms with Crippen LogP contribution in [0.5, 0.6) is 0 Å². The Morgan fingerprint density at radius 1 is 1.43 bits per heavy atom. The van der Waals surface area contributed by atoms with Crippen LogP contribution in [0.3, 0.4) is 0 Å². The lowest BCUT2D eigenvalue weighted by molar-refractivity contribution is -0.137. The molecule has 1 aromatic carbocycles. The molecule has 0 unspecified atom stereocenters. The first-order valence-corrected chi connectivity index (χ1v) is 6.76. The van der Waals surface area contributed by atoms with E-state index >= 15 is 0 Å². The van der Waals surface area contributed by atoms with Gasteiger partial charge in [0.05, 0.1) is 23.3 Å². The molecule has 0 aromatic heterocycles. The third kappa shape index (κ3) is 2.98. The number of halogens is 3. The molecule has 0 amide bonds. The highest BCUT2D eigenvalue weighted by Gasteiger charge is 2.40. The number of alkyl halides is 3. The molecule has 1 fully saturated rings. The molecule has 3 nitrogen and oxygen atoms in total. The molecule has 0 spiro atoms. The van der Waals surface area contributed by atoms with Gasteiger partial charge in [-0.3, -0.25) is 0 Å². The molecule has 1 aliphatic heterocycles. The number of rotatable bonds is 2. The van der Waals surface area contributed by atoms with Gasteiger partial charge in [0.25, 0.3) is 0 Å². The molecule has 21 heavy (non-hydrogen) atoms. The second kappa shape index (κ2) is 5.23. The fourth-order valence-electron chi connectivity index (χ4n) is 2.59. The van der Waals surface area contributed by atoms with Crippen LogP contribution in [0.4, 0.5) is 18.9 Å². The maximum Gasteiger partial charge on any atom is 0.417 e. The summed E-state index contributed by atoms with van der Waals surface area (Å²) in [4.78, 5) is 1.80. The standard InChI is InChI=1S/C15H17F3N2O/c1-4-12-9-20(14(2,3)21-12)11-6-5-10(8-19)13(7-11)15(16,17)18/h5-7,12H,4,9H2,1-3H3/t12-/m1/s1. The van der Waals surface area contributed by atoms with E-state index in [1.54, 1.807) is 11.0 Å². The molecule has 0 bridgehead atoms. The lowest BCUT2D eigenvalue weighted by Gasteiger charge is -2.32. The zero-order valence-electron chi connectivity index (χ0n) is 12.2. The number of ether oxygens (including phenoxy) is 1. The predicted molar refractivity (Wildman–Crippen MR) is 72.7 cm³/mol. The van der Waals surface area contributed by atoms with Gasteiger partial charge in [-0.2, -0.15) is 18.4 Å². The molecule has 6 heteroatoms. The van der Waals surface area contributed by atoms with Gasteiger partial charge in [-0.1, -0.05) is 6.92 Å². The maximum atomic E-state index is 13.0. The molecule has 0 N–H and O–H groups in total. The average Bonchev–Trinajstić information content (AvgIpc) is 2.72. The largest absolute Gasteiger partial charge is 0.417 e. The van der Waals surface area contributed by atoms with E-state index in [0.29, 0.717) is 12.2 Å². The number of nitrogens with zero attached hydrogens (tertiary/aromatic N) is 2. The van der Waals surface area contributed by atoms with Crippen LogP contribution in [-0.2, 0) is 10.9 Å². The number of benzene rings is 1. The Balaban J connectivity index is 2.44. The van der Waals surface area contributed by atoms with Gasteiger partial charge in [0.1, 0.15) is 5.72 Å². The summed E-state index contributed by atoms with van der Waals surface area (Å²) < 4.78 is 44.9. The number of nitriles is 1. The van der Waals surface area contributed by atoms with Crippen molar-refractivity contribution in [1.82, 2.24) is 0 Å². The Kier molecular flexibility index (Phi) is 3.89. The summed E-state index contributed by atoms with van der Waals surface area (Å²) in [6, 6.07) is 5.37. The molecule has 0 aliphatic carbocycles. The van der Waals surface area contributed by atoms with Crippen LogP contribution in [-0.4, -0.2) is 18.4 Å². The van der Waals surface area contributed by atoms with Crippen LogP contribution >= 0.6 is 0 Å². The molecular weight excluding hydrogens is 281 g/mol. The highest BCUT2D eigenvalue weighted by Crippen LogP contribution is 2.38. The summed E-state index contributed by atoms with van der Waals surface area (Å²) >= 11 is 0. The van der Waals surface area contributed by atoms with Gasteiger partial charge in [0.2, 0.25) is 0 Å². The van der Waals surface area contributed by atoms with E-state index in [2.05, 4.69) is 0 Å². The van der Waals surface area contributed by atoms with E-state index in [4.69, 9.17) is 10.00 Å². The molecule has 1 saturated heterocycles. The Bertz CT molecular complexity index is 575. The molecule has 1 atom stereocenters. The van der Waals surface area contributed by atoms with Gasteiger partial charge < -0.3 is 9.64 Å².